The molecule has 0 bridgehead atoms. The monoisotopic (exact) mass is 267 g/mol. The van der Waals surface area contributed by atoms with E-state index in [4.69, 9.17) is 11.6 Å². The first kappa shape index (κ1) is 13.1. The zero-order valence-electron chi connectivity index (χ0n) is 10.4. The Morgan fingerprint density at radius 3 is 2.78 bits per heavy atom. The molecule has 0 unspecified atom stereocenters. The second-order valence-corrected chi connectivity index (χ2v) is 4.42. The zero-order valence-corrected chi connectivity index (χ0v) is 11.1. The van der Waals surface area contributed by atoms with Gasteiger partial charge >= 0.3 is 0 Å². The molecule has 1 aromatic carbocycles. The van der Waals surface area contributed by atoms with Crippen LogP contribution in [0.4, 0.5) is 4.39 Å². The van der Waals surface area contributed by atoms with Crippen molar-refractivity contribution in [1.82, 2.24) is 14.9 Å². The first-order chi connectivity index (χ1) is 8.65. The van der Waals surface area contributed by atoms with E-state index in [1.807, 2.05) is 14.1 Å². The maximum atomic E-state index is 13.7. The van der Waals surface area contributed by atoms with Gasteiger partial charge in [-0.15, -0.1) is 0 Å². The molecule has 0 saturated heterocycles. The summed E-state index contributed by atoms with van der Waals surface area (Å²) < 4.78 is 15.5. The van der Waals surface area contributed by atoms with Crippen LogP contribution in [0.5, 0.6) is 0 Å². The van der Waals surface area contributed by atoms with Gasteiger partial charge < -0.3 is 9.88 Å². The van der Waals surface area contributed by atoms with Crippen molar-refractivity contribution in [3.05, 3.63) is 41.1 Å². The third-order valence-electron chi connectivity index (χ3n) is 2.85. The van der Waals surface area contributed by atoms with Gasteiger partial charge in [0.15, 0.2) is 0 Å². The fourth-order valence-corrected chi connectivity index (χ4v) is 2.05. The van der Waals surface area contributed by atoms with Gasteiger partial charge in [-0.05, 0) is 19.2 Å². The number of nitrogens with zero attached hydrogens (tertiary/aromatic N) is 2. The topological polar surface area (TPSA) is 29.9 Å². The van der Waals surface area contributed by atoms with Crippen molar-refractivity contribution >= 4 is 11.6 Å². The van der Waals surface area contributed by atoms with Gasteiger partial charge in [-0.3, -0.25) is 0 Å². The zero-order chi connectivity index (χ0) is 13.1. The molecule has 0 saturated carbocycles. The van der Waals surface area contributed by atoms with Crippen molar-refractivity contribution in [3.8, 4) is 11.3 Å². The molecule has 0 aliphatic carbocycles. The van der Waals surface area contributed by atoms with E-state index in [-0.39, 0.29) is 5.82 Å². The van der Waals surface area contributed by atoms with Gasteiger partial charge in [0, 0.05) is 25.6 Å². The molecule has 0 atom stereocenters. The molecule has 1 heterocycles. The Hall–Kier alpha value is -1.39. The minimum atomic E-state index is -0.308. The smallest absolute Gasteiger partial charge is 0.136 e. The van der Waals surface area contributed by atoms with Crippen LogP contribution in [0.2, 0.25) is 5.15 Å². The van der Waals surface area contributed by atoms with Crippen LogP contribution in [-0.2, 0) is 13.5 Å². The number of halogens is 2. The average Bonchev–Trinajstić information content (AvgIpc) is 2.65. The normalized spacial score (nSPS) is 10.9. The fourth-order valence-electron chi connectivity index (χ4n) is 1.81. The van der Waals surface area contributed by atoms with Gasteiger partial charge in [0.1, 0.15) is 22.5 Å². The summed E-state index contributed by atoms with van der Waals surface area (Å²) in [7, 11) is 3.72. The number of imidazole rings is 1. The third-order valence-corrected chi connectivity index (χ3v) is 3.28. The van der Waals surface area contributed by atoms with E-state index in [0.717, 1.165) is 18.8 Å². The predicted molar refractivity (Wildman–Crippen MR) is 71.2 cm³/mol. The second-order valence-electron chi connectivity index (χ2n) is 4.06. The molecule has 0 amide bonds. The summed E-state index contributed by atoms with van der Waals surface area (Å²) in [5.41, 5.74) is 0.942. The molecule has 2 rings (SSSR count). The lowest BCUT2D eigenvalue weighted by atomic mass is 10.1. The number of aromatic nitrogens is 2. The molecule has 0 aliphatic heterocycles. The van der Waals surface area contributed by atoms with E-state index in [9.17, 15) is 4.39 Å². The number of nitrogens with one attached hydrogen (secondary N) is 1. The van der Waals surface area contributed by atoms with E-state index in [1.54, 1.807) is 22.8 Å². The number of rotatable bonds is 4. The van der Waals surface area contributed by atoms with Crippen molar-refractivity contribution in [2.75, 3.05) is 13.6 Å². The van der Waals surface area contributed by atoms with E-state index in [2.05, 4.69) is 10.3 Å². The van der Waals surface area contributed by atoms with Crippen LogP contribution in [0, 0.1) is 5.82 Å². The number of hydrogen-bond acceptors (Lipinski definition) is 2. The van der Waals surface area contributed by atoms with Crippen molar-refractivity contribution in [3.63, 3.8) is 0 Å². The van der Waals surface area contributed by atoms with Crippen LogP contribution in [0.25, 0.3) is 11.3 Å². The van der Waals surface area contributed by atoms with E-state index in [1.165, 1.54) is 6.07 Å². The Morgan fingerprint density at radius 2 is 2.11 bits per heavy atom. The summed E-state index contributed by atoms with van der Waals surface area (Å²) >= 11 is 6.21. The van der Waals surface area contributed by atoms with Gasteiger partial charge in [0.2, 0.25) is 0 Å². The fraction of sp³-hybridized carbons (Fsp3) is 0.308. The summed E-state index contributed by atoms with van der Waals surface area (Å²) in [5.74, 6) is 0.533. The number of likely N-dealkylation sites (N-methyl/N-ethyl adjacent to an activating group) is 1. The maximum absolute atomic E-state index is 13.7. The van der Waals surface area contributed by atoms with Crippen LogP contribution in [0.1, 0.15) is 5.82 Å². The highest BCUT2D eigenvalue weighted by Gasteiger charge is 2.16. The quantitative estimate of drug-likeness (QED) is 0.923. The number of benzene rings is 1. The van der Waals surface area contributed by atoms with Crippen LogP contribution in [-0.4, -0.2) is 23.1 Å². The molecule has 0 aliphatic rings. The molecule has 1 N–H and O–H groups in total. The lowest BCUT2D eigenvalue weighted by molar-refractivity contribution is 0.631. The molecule has 18 heavy (non-hydrogen) atoms. The largest absolute Gasteiger partial charge is 0.322 e. The summed E-state index contributed by atoms with van der Waals surface area (Å²) in [5, 5.41) is 3.52. The minimum Gasteiger partial charge on any atom is -0.322 e. The average molecular weight is 268 g/mol. The van der Waals surface area contributed by atoms with Crippen molar-refractivity contribution in [2.24, 2.45) is 7.05 Å². The lowest BCUT2D eigenvalue weighted by Crippen LogP contribution is -2.13. The molecule has 0 fully saturated rings. The Labute approximate surface area is 111 Å². The maximum Gasteiger partial charge on any atom is 0.136 e. The molecule has 0 spiro atoms. The Bertz CT molecular complexity index is 551. The van der Waals surface area contributed by atoms with E-state index < -0.39 is 0 Å². The molecule has 1 aromatic heterocycles. The highest BCUT2D eigenvalue weighted by molar-refractivity contribution is 6.32. The predicted octanol–water partition coefficient (Wildman–Crippen LogP) is 2.64. The van der Waals surface area contributed by atoms with Crippen LogP contribution < -0.4 is 5.32 Å². The van der Waals surface area contributed by atoms with E-state index >= 15 is 0 Å². The standard InChI is InChI=1S/C13H15ClFN3/c1-16-8-7-11-17-12(13(14)18(11)2)9-5-3-4-6-10(9)15/h3-6,16H,7-8H2,1-2H3. The van der Waals surface area contributed by atoms with Crippen LogP contribution in [0.15, 0.2) is 24.3 Å². The third kappa shape index (κ3) is 2.40. The minimum absolute atomic E-state index is 0.308. The summed E-state index contributed by atoms with van der Waals surface area (Å²) in [6.07, 6.45) is 0.751. The van der Waals surface area contributed by atoms with Gasteiger partial charge in [0.25, 0.3) is 0 Å². The summed E-state index contributed by atoms with van der Waals surface area (Å²) in [6.45, 7) is 0.803. The highest BCUT2D eigenvalue weighted by Crippen LogP contribution is 2.29. The lowest BCUT2D eigenvalue weighted by Gasteiger charge is -2.01. The molecule has 2 aromatic rings. The van der Waals surface area contributed by atoms with Gasteiger partial charge in [0.05, 0.1) is 0 Å². The van der Waals surface area contributed by atoms with Crippen LogP contribution >= 0.6 is 11.6 Å². The SMILES string of the molecule is CNCCc1nc(-c2ccccc2F)c(Cl)n1C. The van der Waals surface area contributed by atoms with E-state index in [0.29, 0.717) is 16.4 Å². The Kier molecular flexibility index (Phi) is 3.99. The summed E-state index contributed by atoms with van der Waals surface area (Å²) in [6, 6.07) is 6.52. The Balaban J connectivity index is 2.43. The van der Waals surface area contributed by atoms with Crippen molar-refractivity contribution in [1.29, 1.82) is 0 Å². The molecule has 96 valence electrons. The van der Waals surface area contributed by atoms with Crippen molar-refractivity contribution < 1.29 is 4.39 Å². The molecule has 0 radical (unpaired) electrons. The summed E-state index contributed by atoms with van der Waals surface area (Å²) in [4.78, 5) is 4.43. The van der Waals surface area contributed by atoms with Gasteiger partial charge in [-0.2, -0.15) is 0 Å². The number of hydrogen-bond donors (Lipinski definition) is 1. The second kappa shape index (κ2) is 5.50. The van der Waals surface area contributed by atoms with Crippen molar-refractivity contribution in [2.45, 2.75) is 6.42 Å². The first-order valence-electron chi connectivity index (χ1n) is 5.75. The highest BCUT2D eigenvalue weighted by atomic mass is 35.5. The molecule has 5 heteroatoms. The van der Waals surface area contributed by atoms with Crippen LogP contribution in [0.3, 0.4) is 0 Å². The molecular weight excluding hydrogens is 253 g/mol. The first-order valence-corrected chi connectivity index (χ1v) is 6.13. The Morgan fingerprint density at radius 1 is 1.39 bits per heavy atom. The van der Waals surface area contributed by atoms with Gasteiger partial charge in [-0.25, -0.2) is 9.37 Å². The van der Waals surface area contributed by atoms with Gasteiger partial charge in [-0.1, -0.05) is 23.7 Å². The molecular formula is C13H15ClFN3. The molecule has 3 nitrogen and oxygen atoms in total.